The van der Waals surface area contributed by atoms with Gasteiger partial charge in [0, 0.05) is 5.56 Å². The Kier molecular flexibility index (Phi) is 2.64. The smallest absolute Gasteiger partial charge is 0.303 e. The van der Waals surface area contributed by atoms with E-state index in [1.807, 2.05) is 0 Å². The highest BCUT2D eigenvalue weighted by molar-refractivity contribution is 5.83. The van der Waals surface area contributed by atoms with Crippen molar-refractivity contribution in [2.24, 2.45) is 0 Å². The maximum absolute atomic E-state index is 13.6. The summed E-state index contributed by atoms with van der Waals surface area (Å²) in [6.45, 7) is 1.74. The second-order valence-electron chi connectivity index (χ2n) is 3.80. The average molecular weight is 222 g/mol. The molecule has 1 unspecified atom stereocenters. The summed E-state index contributed by atoms with van der Waals surface area (Å²) in [5.74, 6) is -1.55. The first-order valence-electron chi connectivity index (χ1n) is 4.97. The maximum Gasteiger partial charge on any atom is 0.303 e. The van der Waals surface area contributed by atoms with Crippen molar-refractivity contribution in [3.63, 3.8) is 0 Å². The number of halogens is 1. The van der Waals surface area contributed by atoms with Crippen LogP contribution in [-0.2, 0) is 4.79 Å². The van der Waals surface area contributed by atoms with E-state index >= 15 is 0 Å². The number of hydrogen-bond donors (Lipinski definition) is 1. The largest absolute Gasteiger partial charge is 0.481 e. The van der Waals surface area contributed by atoms with E-state index in [1.165, 1.54) is 12.3 Å². The van der Waals surface area contributed by atoms with Crippen LogP contribution in [0.4, 0.5) is 4.39 Å². The van der Waals surface area contributed by atoms with E-state index in [0.717, 1.165) is 0 Å². The van der Waals surface area contributed by atoms with Crippen LogP contribution in [-0.4, -0.2) is 11.1 Å². The number of aliphatic carboxylic acids is 1. The molecule has 1 aromatic heterocycles. The van der Waals surface area contributed by atoms with Gasteiger partial charge in [0.15, 0.2) is 0 Å². The van der Waals surface area contributed by atoms with Gasteiger partial charge in [0.1, 0.15) is 11.4 Å². The maximum atomic E-state index is 13.6. The topological polar surface area (TPSA) is 50.4 Å². The number of carboxylic acid groups (broad SMARTS) is 1. The summed E-state index contributed by atoms with van der Waals surface area (Å²) in [5, 5.41) is 9.09. The summed E-state index contributed by atoms with van der Waals surface area (Å²) in [4.78, 5) is 10.6. The minimum Gasteiger partial charge on any atom is -0.481 e. The van der Waals surface area contributed by atoms with E-state index in [9.17, 15) is 9.18 Å². The highest BCUT2D eigenvalue weighted by Gasteiger charge is 2.18. The van der Waals surface area contributed by atoms with Gasteiger partial charge in [-0.15, -0.1) is 0 Å². The van der Waals surface area contributed by atoms with Gasteiger partial charge in [-0.05, 0) is 18.1 Å². The Morgan fingerprint density at radius 1 is 1.56 bits per heavy atom. The molecule has 0 saturated carbocycles. The van der Waals surface area contributed by atoms with E-state index in [4.69, 9.17) is 9.52 Å². The zero-order valence-electron chi connectivity index (χ0n) is 8.74. The second kappa shape index (κ2) is 3.96. The third kappa shape index (κ3) is 1.78. The summed E-state index contributed by atoms with van der Waals surface area (Å²) in [6, 6.07) is 4.57. The van der Waals surface area contributed by atoms with E-state index < -0.39 is 5.97 Å². The molecule has 1 aromatic carbocycles. The standard InChI is InChI=1S/C12H11FO3/c1-7(5-11(14)15)8-6-16-10-4-2-3-9(13)12(8)10/h2-4,6-7H,5H2,1H3,(H,14,15). The molecule has 16 heavy (non-hydrogen) atoms. The summed E-state index contributed by atoms with van der Waals surface area (Å²) in [7, 11) is 0. The minimum absolute atomic E-state index is 0.0387. The summed E-state index contributed by atoms with van der Waals surface area (Å²) in [6.07, 6.45) is 1.39. The molecule has 0 aliphatic carbocycles. The van der Waals surface area contributed by atoms with Gasteiger partial charge in [0.05, 0.1) is 18.1 Å². The lowest BCUT2D eigenvalue weighted by atomic mass is 9.97. The van der Waals surface area contributed by atoms with Gasteiger partial charge < -0.3 is 9.52 Å². The van der Waals surface area contributed by atoms with Crippen molar-refractivity contribution >= 4 is 16.9 Å². The first-order valence-corrected chi connectivity index (χ1v) is 4.97. The Bertz CT molecular complexity index is 530. The summed E-state index contributed by atoms with van der Waals surface area (Å²) < 4.78 is 18.8. The molecule has 0 bridgehead atoms. The first-order chi connectivity index (χ1) is 7.59. The number of benzene rings is 1. The normalized spacial score (nSPS) is 12.9. The Hall–Kier alpha value is -1.84. The first kappa shape index (κ1) is 10.7. The Morgan fingerprint density at radius 3 is 3.00 bits per heavy atom. The Labute approximate surface area is 91.5 Å². The lowest BCUT2D eigenvalue weighted by Crippen LogP contribution is -2.02. The number of carbonyl (C=O) groups is 1. The molecule has 1 N–H and O–H groups in total. The second-order valence-corrected chi connectivity index (χ2v) is 3.80. The molecule has 1 atom stereocenters. The van der Waals surface area contributed by atoms with E-state index in [2.05, 4.69) is 0 Å². The number of rotatable bonds is 3. The van der Waals surface area contributed by atoms with Crippen LogP contribution >= 0.6 is 0 Å². The third-order valence-electron chi connectivity index (χ3n) is 2.59. The lowest BCUT2D eigenvalue weighted by Gasteiger charge is -2.06. The average Bonchev–Trinajstić information content (AvgIpc) is 2.61. The highest BCUT2D eigenvalue weighted by atomic mass is 19.1. The summed E-state index contributed by atoms with van der Waals surface area (Å²) >= 11 is 0. The van der Waals surface area contributed by atoms with Crippen molar-refractivity contribution in [2.75, 3.05) is 0 Å². The molecular formula is C12H11FO3. The van der Waals surface area contributed by atoms with Gasteiger partial charge in [-0.3, -0.25) is 4.79 Å². The predicted octanol–water partition coefficient (Wildman–Crippen LogP) is 3.15. The molecule has 0 saturated heterocycles. The number of fused-ring (bicyclic) bond motifs is 1. The van der Waals surface area contributed by atoms with Crippen molar-refractivity contribution in [1.82, 2.24) is 0 Å². The molecule has 84 valence electrons. The van der Waals surface area contributed by atoms with Crippen molar-refractivity contribution in [2.45, 2.75) is 19.3 Å². The molecule has 3 nitrogen and oxygen atoms in total. The zero-order valence-corrected chi connectivity index (χ0v) is 8.74. The number of hydrogen-bond acceptors (Lipinski definition) is 2. The van der Waals surface area contributed by atoms with Crippen molar-refractivity contribution in [3.8, 4) is 0 Å². The van der Waals surface area contributed by atoms with Crippen molar-refractivity contribution < 1.29 is 18.7 Å². The fourth-order valence-electron chi connectivity index (χ4n) is 1.80. The molecule has 0 spiro atoms. The van der Waals surface area contributed by atoms with Gasteiger partial charge in [0.2, 0.25) is 0 Å². The van der Waals surface area contributed by atoms with Gasteiger partial charge in [-0.25, -0.2) is 4.39 Å². The molecule has 0 fully saturated rings. The highest BCUT2D eigenvalue weighted by Crippen LogP contribution is 2.31. The number of furan rings is 1. The molecule has 2 rings (SSSR count). The van der Waals surface area contributed by atoms with Gasteiger partial charge in [0.25, 0.3) is 0 Å². The SMILES string of the molecule is CC(CC(=O)O)c1coc2cccc(F)c12. The Balaban J connectivity index is 2.48. The fraction of sp³-hybridized carbons (Fsp3) is 0.250. The predicted molar refractivity (Wildman–Crippen MR) is 56.8 cm³/mol. The molecule has 0 amide bonds. The Morgan fingerprint density at radius 2 is 2.31 bits per heavy atom. The van der Waals surface area contributed by atoms with Crippen LogP contribution in [0.15, 0.2) is 28.9 Å². The molecule has 2 aromatic rings. The third-order valence-corrected chi connectivity index (χ3v) is 2.59. The summed E-state index contributed by atoms with van der Waals surface area (Å²) in [5.41, 5.74) is 1.06. The van der Waals surface area contributed by atoms with Crippen LogP contribution in [0.25, 0.3) is 11.0 Å². The van der Waals surface area contributed by atoms with Crippen LogP contribution < -0.4 is 0 Å². The van der Waals surface area contributed by atoms with Crippen LogP contribution in [0.1, 0.15) is 24.8 Å². The minimum atomic E-state index is -0.904. The van der Waals surface area contributed by atoms with Crippen molar-refractivity contribution in [3.05, 3.63) is 35.8 Å². The van der Waals surface area contributed by atoms with Gasteiger partial charge in [-0.1, -0.05) is 13.0 Å². The molecule has 4 heteroatoms. The van der Waals surface area contributed by atoms with Crippen LogP contribution in [0.2, 0.25) is 0 Å². The van der Waals surface area contributed by atoms with E-state index in [1.54, 1.807) is 19.1 Å². The van der Waals surface area contributed by atoms with Crippen LogP contribution in [0, 0.1) is 5.82 Å². The van der Waals surface area contributed by atoms with Gasteiger partial charge in [-0.2, -0.15) is 0 Å². The van der Waals surface area contributed by atoms with E-state index in [0.29, 0.717) is 16.5 Å². The zero-order chi connectivity index (χ0) is 11.7. The molecule has 0 aliphatic rings. The van der Waals surface area contributed by atoms with Crippen molar-refractivity contribution in [1.29, 1.82) is 0 Å². The lowest BCUT2D eigenvalue weighted by molar-refractivity contribution is -0.137. The molecule has 0 radical (unpaired) electrons. The molecule has 0 aliphatic heterocycles. The fourth-order valence-corrected chi connectivity index (χ4v) is 1.80. The molecular weight excluding hydrogens is 211 g/mol. The van der Waals surface area contributed by atoms with E-state index in [-0.39, 0.29) is 18.2 Å². The number of carboxylic acids is 1. The van der Waals surface area contributed by atoms with Gasteiger partial charge >= 0.3 is 5.97 Å². The monoisotopic (exact) mass is 222 g/mol. The van der Waals surface area contributed by atoms with Crippen LogP contribution in [0.5, 0.6) is 0 Å². The quantitative estimate of drug-likeness (QED) is 0.867. The van der Waals surface area contributed by atoms with Crippen LogP contribution in [0.3, 0.4) is 0 Å². The molecule has 1 heterocycles.